The first-order valence-corrected chi connectivity index (χ1v) is 5.55. The van der Waals surface area contributed by atoms with Crippen molar-refractivity contribution in [1.82, 2.24) is 5.32 Å². The zero-order valence-electron chi connectivity index (χ0n) is 9.38. The van der Waals surface area contributed by atoms with Crippen LogP contribution >= 0.6 is 0 Å². The Bertz CT molecular complexity index is 154. The van der Waals surface area contributed by atoms with Gasteiger partial charge in [-0.3, -0.25) is 0 Å². The molecule has 0 aromatic carbocycles. The van der Waals surface area contributed by atoms with Gasteiger partial charge < -0.3 is 10.1 Å². The lowest BCUT2D eigenvalue weighted by atomic mass is 10.2. The van der Waals surface area contributed by atoms with E-state index in [1.165, 1.54) is 6.42 Å². The number of nitriles is 1. The SMILES string of the molecule is CCCCOCCCNC(C#N)CC. The topological polar surface area (TPSA) is 45.0 Å². The number of unbranched alkanes of at least 4 members (excludes halogenated alkanes) is 1. The lowest BCUT2D eigenvalue weighted by molar-refractivity contribution is 0.128. The number of rotatable bonds is 9. The zero-order valence-corrected chi connectivity index (χ0v) is 9.38. The highest BCUT2D eigenvalue weighted by atomic mass is 16.5. The van der Waals surface area contributed by atoms with Crippen molar-refractivity contribution in [2.75, 3.05) is 19.8 Å². The summed E-state index contributed by atoms with van der Waals surface area (Å²) in [7, 11) is 0. The Hall–Kier alpha value is -0.590. The predicted molar refractivity (Wildman–Crippen MR) is 58.0 cm³/mol. The third-order valence-electron chi connectivity index (χ3n) is 2.06. The normalized spacial score (nSPS) is 12.4. The van der Waals surface area contributed by atoms with Crippen LogP contribution in [-0.4, -0.2) is 25.8 Å². The van der Waals surface area contributed by atoms with Gasteiger partial charge in [0, 0.05) is 13.2 Å². The van der Waals surface area contributed by atoms with Crippen molar-refractivity contribution < 1.29 is 4.74 Å². The molecule has 0 aliphatic heterocycles. The summed E-state index contributed by atoms with van der Waals surface area (Å²) in [6.07, 6.45) is 4.18. The smallest absolute Gasteiger partial charge is 0.0950 e. The third kappa shape index (κ3) is 8.03. The molecule has 0 spiro atoms. The lowest BCUT2D eigenvalue weighted by Gasteiger charge is -2.08. The predicted octanol–water partition coefficient (Wildman–Crippen LogP) is 2.08. The van der Waals surface area contributed by atoms with Crippen molar-refractivity contribution in [3.8, 4) is 6.07 Å². The fourth-order valence-corrected chi connectivity index (χ4v) is 1.08. The van der Waals surface area contributed by atoms with Crippen LogP contribution < -0.4 is 5.32 Å². The zero-order chi connectivity index (χ0) is 10.6. The molecule has 82 valence electrons. The van der Waals surface area contributed by atoms with Crippen molar-refractivity contribution in [3.05, 3.63) is 0 Å². The van der Waals surface area contributed by atoms with Crippen LogP contribution in [0.2, 0.25) is 0 Å². The van der Waals surface area contributed by atoms with E-state index in [0.29, 0.717) is 0 Å². The van der Waals surface area contributed by atoms with E-state index < -0.39 is 0 Å². The monoisotopic (exact) mass is 198 g/mol. The number of nitrogens with one attached hydrogen (secondary N) is 1. The minimum atomic E-state index is 0.00522. The molecule has 0 fully saturated rings. The largest absolute Gasteiger partial charge is 0.381 e. The van der Waals surface area contributed by atoms with Crippen LogP contribution in [0.3, 0.4) is 0 Å². The Kier molecular flexibility index (Phi) is 10.0. The first-order chi connectivity index (χ1) is 6.85. The molecule has 3 heteroatoms. The van der Waals surface area contributed by atoms with Gasteiger partial charge in [-0.05, 0) is 25.8 Å². The molecule has 0 aliphatic rings. The van der Waals surface area contributed by atoms with Crippen LogP contribution in [0.5, 0.6) is 0 Å². The molecule has 0 aliphatic carbocycles. The molecule has 0 aromatic heterocycles. The van der Waals surface area contributed by atoms with E-state index >= 15 is 0 Å². The maximum Gasteiger partial charge on any atom is 0.0950 e. The summed E-state index contributed by atoms with van der Waals surface area (Å²) in [6.45, 7) is 6.71. The molecule has 0 radical (unpaired) electrons. The van der Waals surface area contributed by atoms with E-state index in [9.17, 15) is 0 Å². The molecule has 0 aromatic rings. The number of ether oxygens (including phenoxy) is 1. The average Bonchev–Trinajstić information content (AvgIpc) is 2.22. The summed E-state index contributed by atoms with van der Waals surface area (Å²) in [4.78, 5) is 0. The molecule has 0 saturated carbocycles. The summed E-state index contributed by atoms with van der Waals surface area (Å²) >= 11 is 0. The number of nitrogens with zero attached hydrogens (tertiary/aromatic N) is 1. The van der Waals surface area contributed by atoms with Gasteiger partial charge in [0.1, 0.15) is 0 Å². The second-order valence-corrected chi connectivity index (χ2v) is 3.36. The van der Waals surface area contributed by atoms with Crippen LogP contribution in [0.4, 0.5) is 0 Å². The van der Waals surface area contributed by atoms with Crippen molar-refractivity contribution >= 4 is 0 Å². The first kappa shape index (κ1) is 13.4. The Labute approximate surface area is 87.4 Å². The molecular formula is C11H22N2O. The molecule has 0 bridgehead atoms. The lowest BCUT2D eigenvalue weighted by Crippen LogP contribution is -2.28. The maximum absolute atomic E-state index is 8.65. The summed E-state index contributed by atoms with van der Waals surface area (Å²) in [5, 5.41) is 11.8. The van der Waals surface area contributed by atoms with Gasteiger partial charge >= 0.3 is 0 Å². The molecule has 0 heterocycles. The first-order valence-electron chi connectivity index (χ1n) is 5.55. The molecule has 0 amide bonds. The van der Waals surface area contributed by atoms with Crippen molar-refractivity contribution in [1.29, 1.82) is 5.26 Å². The highest BCUT2D eigenvalue weighted by Gasteiger charge is 2.00. The van der Waals surface area contributed by atoms with Crippen molar-refractivity contribution in [2.24, 2.45) is 0 Å². The van der Waals surface area contributed by atoms with E-state index in [1.54, 1.807) is 0 Å². The average molecular weight is 198 g/mol. The van der Waals surface area contributed by atoms with Gasteiger partial charge in [0.15, 0.2) is 0 Å². The highest BCUT2D eigenvalue weighted by Crippen LogP contribution is 1.91. The van der Waals surface area contributed by atoms with Crippen molar-refractivity contribution in [2.45, 2.75) is 45.6 Å². The highest BCUT2D eigenvalue weighted by molar-refractivity contribution is 4.87. The van der Waals surface area contributed by atoms with Gasteiger partial charge in [-0.2, -0.15) is 5.26 Å². The standard InChI is InChI=1S/C11H22N2O/c1-3-5-8-14-9-6-7-13-11(4-2)10-12/h11,13H,3-9H2,1-2H3. The molecule has 1 atom stereocenters. The molecule has 3 nitrogen and oxygen atoms in total. The van der Waals surface area contributed by atoms with E-state index in [-0.39, 0.29) is 6.04 Å². The number of hydrogen-bond donors (Lipinski definition) is 1. The van der Waals surface area contributed by atoms with Gasteiger partial charge in [0.05, 0.1) is 12.1 Å². The quantitative estimate of drug-likeness (QED) is 0.577. The van der Waals surface area contributed by atoms with Crippen LogP contribution in [0.25, 0.3) is 0 Å². The van der Waals surface area contributed by atoms with Gasteiger partial charge in [-0.15, -0.1) is 0 Å². The molecular weight excluding hydrogens is 176 g/mol. The van der Waals surface area contributed by atoms with Gasteiger partial charge in [-0.1, -0.05) is 20.3 Å². The van der Waals surface area contributed by atoms with E-state index in [4.69, 9.17) is 10.00 Å². The summed E-state index contributed by atoms with van der Waals surface area (Å²) in [5.74, 6) is 0. The summed E-state index contributed by atoms with van der Waals surface area (Å²) < 4.78 is 5.40. The second kappa shape index (κ2) is 10.5. The van der Waals surface area contributed by atoms with Crippen LogP contribution in [-0.2, 0) is 4.74 Å². The fraction of sp³-hybridized carbons (Fsp3) is 0.909. The van der Waals surface area contributed by atoms with Gasteiger partial charge in [0.2, 0.25) is 0 Å². The van der Waals surface area contributed by atoms with Gasteiger partial charge in [-0.25, -0.2) is 0 Å². The van der Waals surface area contributed by atoms with Crippen molar-refractivity contribution in [3.63, 3.8) is 0 Å². The second-order valence-electron chi connectivity index (χ2n) is 3.36. The summed E-state index contributed by atoms with van der Waals surface area (Å²) in [6, 6.07) is 2.22. The van der Waals surface area contributed by atoms with E-state index in [0.717, 1.165) is 39.0 Å². The van der Waals surface area contributed by atoms with E-state index in [2.05, 4.69) is 18.3 Å². The molecule has 1 N–H and O–H groups in total. The minimum absolute atomic E-state index is 0.00522. The minimum Gasteiger partial charge on any atom is -0.381 e. The third-order valence-corrected chi connectivity index (χ3v) is 2.06. The Morgan fingerprint density at radius 3 is 2.57 bits per heavy atom. The summed E-state index contributed by atoms with van der Waals surface area (Å²) in [5.41, 5.74) is 0. The molecule has 0 rings (SSSR count). The van der Waals surface area contributed by atoms with E-state index in [1.807, 2.05) is 6.92 Å². The Balaban J connectivity index is 3.09. The van der Waals surface area contributed by atoms with Crippen LogP contribution in [0.1, 0.15) is 39.5 Å². The molecule has 0 saturated heterocycles. The van der Waals surface area contributed by atoms with Gasteiger partial charge in [0.25, 0.3) is 0 Å². The maximum atomic E-state index is 8.65. The molecule has 1 unspecified atom stereocenters. The Morgan fingerprint density at radius 2 is 2.00 bits per heavy atom. The van der Waals surface area contributed by atoms with Crippen LogP contribution in [0, 0.1) is 11.3 Å². The van der Waals surface area contributed by atoms with Crippen LogP contribution in [0.15, 0.2) is 0 Å². The Morgan fingerprint density at radius 1 is 1.29 bits per heavy atom. The number of hydrogen-bond acceptors (Lipinski definition) is 3. The fourth-order valence-electron chi connectivity index (χ4n) is 1.08. The molecule has 14 heavy (non-hydrogen) atoms.